The molecule has 0 bridgehead atoms. The summed E-state index contributed by atoms with van der Waals surface area (Å²) in [5, 5.41) is 6.79. The van der Waals surface area contributed by atoms with Gasteiger partial charge in [-0.15, -0.1) is 0 Å². The zero-order valence-corrected chi connectivity index (χ0v) is 10.6. The van der Waals surface area contributed by atoms with Crippen LogP contribution in [0.4, 0.5) is 5.69 Å². The van der Waals surface area contributed by atoms with E-state index >= 15 is 0 Å². The first-order valence-corrected chi connectivity index (χ1v) is 5.56. The van der Waals surface area contributed by atoms with Gasteiger partial charge in [-0.3, -0.25) is 4.79 Å². The highest BCUT2D eigenvalue weighted by molar-refractivity contribution is 6.32. The highest BCUT2D eigenvalue weighted by atomic mass is 35.5. The summed E-state index contributed by atoms with van der Waals surface area (Å²) in [6.45, 7) is 1.74. The molecule has 0 fully saturated rings. The molecule has 2 aromatic rings. The van der Waals surface area contributed by atoms with Crippen molar-refractivity contribution in [3.63, 3.8) is 0 Å². The molecule has 6 heteroatoms. The second kappa shape index (κ2) is 5.10. The summed E-state index contributed by atoms with van der Waals surface area (Å²) in [6, 6.07) is 6.50. The standard InChI is InChI=1S/C12H11ClN2O3/c1-7-5-11(18-15-7)12(16)14-8-3-4-9(13)10(6-8)17-2/h3-6H,1-2H3,(H,14,16). The minimum absolute atomic E-state index is 0.154. The predicted octanol–water partition coefficient (Wildman–Crippen LogP) is 2.90. The Hall–Kier alpha value is -2.01. The Bertz CT molecular complexity index is 580. The lowest BCUT2D eigenvalue weighted by atomic mass is 10.3. The molecule has 18 heavy (non-hydrogen) atoms. The molecule has 0 saturated heterocycles. The highest BCUT2D eigenvalue weighted by Crippen LogP contribution is 2.27. The zero-order valence-electron chi connectivity index (χ0n) is 9.86. The van der Waals surface area contributed by atoms with Gasteiger partial charge in [-0.05, 0) is 19.1 Å². The third kappa shape index (κ3) is 2.62. The second-order valence-electron chi connectivity index (χ2n) is 3.64. The average Bonchev–Trinajstić information content (AvgIpc) is 2.78. The third-order valence-electron chi connectivity index (χ3n) is 2.26. The number of anilines is 1. The first-order chi connectivity index (χ1) is 8.60. The monoisotopic (exact) mass is 266 g/mol. The van der Waals surface area contributed by atoms with Crippen LogP contribution in [0, 0.1) is 6.92 Å². The molecular formula is C12H11ClN2O3. The van der Waals surface area contributed by atoms with Crippen LogP contribution in [-0.4, -0.2) is 18.2 Å². The third-order valence-corrected chi connectivity index (χ3v) is 2.57. The molecule has 0 radical (unpaired) electrons. The van der Waals surface area contributed by atoms with Crippen molar-refractivity contribution in [1.82, 2.24) is 5.16 Å². The van der Waals surface area contributed by atoms with Crippen LogP contribution in [0.5, 0.6) is 5.75 Å². The largest absolute Gasteiger partial charge is 0.495 e. The van der Waals surface area contributed by atoms with E-state index < -0.39 is 0 Å². The van der Waals surface area contributed by atoms with Gasteiger partial charge in [-0.25, -0.2) is 0 Å². The molecule has 1 aromatic heterocycles. The molecule has 5 nitrogen and oxygen atoms in total. The number of aryl methyl sites for hydroxylation is 1. The van der Waals surface area contributed by atoms with Gasteiger partial charge in [0, 0.05) is 17.8 Å². The normalized spacial score (nSPS) is 10.2. The van der Waals surface area contributed by atoms with Crippen molar-refractivity contribution in [2.24, 2.45) is 0 Å². The van der Waals surface area contributed by atoms with Crippen LogP contribution in [0.3, 0.4) is 0 Å². The van der Waals surface area contributed by atoms with Gasteiger partial charge in [-0.1, -0.05) is 16.8 Å². The van der Waals surface area contributed by atoms with E-state index in [0.29, 0.717) is 22.2 Å². The molecule has 0 aliphatic heterocycles. The van der Waals surface area contributed by atoms with Gasteiger partial charge in [-0.2, -0.15) is 0 Å². The Morgan fingerprint density at radius 3 is 2.83 bits per heavy atom. The predicted molar refractivity (Wildman–Crippen MR) is 67.2 cm³/mol. The number of ether oxygens (including phenoxy) is 1. The van der Waals surface area contributed by atoms with Crippen molar-refractivity contribution in [3.05, 3.63) is 40.7 Å². The van der Waals surface area contributed by atoms with Crippen LogP contribution in [0.2, 0.25) is 5.02 Å². The SMILES string of the molecule is COc1cc(NC(=O)c2cc(C)no2)ccc1Cl. The van der Waals surface area contributed by atoms with E-state index in [-0.39, 0.29) is 11.7 Å². The van der Waals surface area contributed by atoms with Crippen molar-refractivity contribution in [3.8, 4) is 5.75 Å². The number of hydrogen-bond acceptors (Lipinski definition) is 4. The molecule has 2 rings (SSSR count). The molecule has 1 amide bonds. The number of nitrogens with zero attached hydrogens (tertiary/aromatic N) is 1. The van der Waals surface area contributed by atoms with Gasteiger partial charge in [0.25, 0.3) is 5.91 Å². The van der Waals surface area contributed by atoms with E-state index in [2.05, 4.69) is 10.5 Å². The van der Waals surface area contributed by atoms with Crippen molar-refractivity contribution in [1.29, 1.82) is 0 Å². The van der Waals surface area contributed by atoms with E-state index in [1.165, 1.54) is 7.11 Å². The minimum Gasteiger partial charge on any atom is -0.495 e. The molecule has 0 unspecified atom stereocenters. The topological polar surface area (TPSA) is 64.4 Å². The fraction of sp³-hybridized carbons (Fsp3) is 0.167. The van der Waals surface area contributed by atoms with E-state index in [1.54, 1.807) is 31.2 Å². The molecule has 0 atom stereocenters. The summed E-state index contributed by atoms with van der Waals surface area (Å²) in [6.07, 6.45) is 0. The fourth-order valence-corrected chi connectivity index (χ4v) is 1.60. The van der Waals surface area contributed by atoms with Crippen LogP contribution in [0.15, 0.2) is 28.8 Å². The first kappa shape index (κ1) is 12.4. The molecule has 94 valence electrons. The Labute approximate surface area is 109 Å². The number of hydrogen-bond donors (Lipinski definition) is 1. The first-order valence-electron chi connectivity index (χ1n) is 5.18. The molecule has 1 N–H and O–H groups in total. The van der Waals surface area contributed by atoms with Crippen molar-refractivity contribution < 1.29 is 14.1 Å². The number of amides is 1. The van der Waals surface area contributed by atoms with Crippen LogP contribution in [0.25, 0.3) is 0 Å². The Morgan fingerprint density at radius 1 is 1.44 bits per heavy atom. The fourth-order valence-electron chi connectivity index (χ4n) is 1.40. The van der Waals surface area contributed by atoms with Crippen molar-refractivity contribution in [2.45, 2.75) is 6.92 Å². The molecular weight excluding hydrogens is 256 g/mol. The lowest BCUT2D eigenvalue weighted by Gasteiger charge is -2.06. The van der Waals surface area contributed by atoms with Gasteiger partial charge in [0.1, 0.15) is 5.75 Å². The summed E-state index contributed by atoms with van der Waals surface area (Å²) in [5.41, 5.74) is 1.21. The molecule has 0 aliphatic rings. The molecule has 0 aliphatic carbocycles. The number of carbonyl (C=O) groups excluding carboxylic acids is 1. The van der Waals surface area contributed by atoms with Crippen LogP contribution >= 0.6 is 11.6 Å². The molecule has 1 heterocycles. The van der Waals surface area contributed by atoms with Gasteiger partial charge in [0.2, 0.25) is 5.76 Å². The maximum atomic E-state index is 11.8. The lowest BCUT2D eigenvalue weighted by Crippen LogP contribution is -2.10. The summed E-state index contributed by atoms with van der Waals surface area (Å²) < 4.78 is 9.92. The molecule has 0 spiro atoms. The van der Waals surface area contributed by atoms with Crippen molar-refractivity contribution >= 4 is 23.2 Å². The Morgan fingerprint density at radius 2 is 2.22 bits per heavy atom. The Balaban J connectivity index is 2.16. The summed E-state index contributed by atoms with van der Waals surface area (Å²) in [5.74, 6) is 0.268. The Kier molecular flexibility index (Phi) is 3.53. The number of carbonyl (C=O) groups is 1. The average molecular weight is 267 g/mol. The molecule has 1 aromatic carbocycles. The second-order valence-corrected chi connectivity index (χ2v) is 4.04. The summed E-state index contributed by atoms with van der Waals surface area (Å²) >= 11 is 5.89. The number of methoxy groups -OCH3 is 1. The highest BCUT2D eigenvalue weighted by Gasteiger charge is 2.12. The van der Waals surface area contributed by atoms with Gasteiger partial charge < -0.3 is 14.6 Å². The van der Waals surface area contributed by atoms with E-state index in [1.807, 2.05) is 0 Å². The van der Waals surface area contributed by atoms with Crippen LogP contribution in [-0.2, 0) is 0 Å². The van der Waals surface area contributed by atoms with Gasteiger partial charge in [0.05, 0.1) is 17.8 Å². The lowest BCUT2D eigenvalue weighted by molar-refractivity contribution is 0.0988. The van der Waals surface area contributed by atoms with E-state index in [9.17, 15) is 4.79 Å². The number of halogens is 1. The maximum absolute atomic E-state index is 11.8. The van der Waals surface area contributed by atoms with E-state index in [0.717, 1.165) is 0 Å². The number of benzene rings is 1. The quantitative estimate of drug-likeness (QED) is 0.928. The summed E-state index contributed by atoms with van der Waals surface area (Å²) in [7, 11) is 1.51. The van der Waals surface area contributed by atoms with E-state index in [4.69, 9.17) is 20.9 Å². The number of aromatic nitrogens is 1. The number of nitrogens with one attached hydrogen (secondary N) is 1. The smallest absolute Gasteiger partial charge is 0.294 e. The maximum Gasteiger partial charge on any atom is 0.294 e. The van der Waals surface area contributed by atoms with Crippen molar-refractivity contribution in [2.75, 3.05) is 12.4 Å². The zero-order chi connectivity index (χ0) is 13.1. The molecule has 0 saturated carbocycles. The number of rotatable bonds is 3. The minimum atomic E-state index is -0.375. The summed E-state index contributed by atoms with van der Waals surface area (Å²) in [4.78, 5) is 11.8. The van der Waals surface area contributed by atoms with Crippen LogP contribution < -0.4 is 10.1 Å². The van der Waals surface area contributed by atoms with Gasteiger partial charge >= 0.3 is 0 Å². The van der Waals surface area contributed by atoms with Gasteiger partial charge in [0.15, 0.2) is 0 Å². The van der Waals surface area contributed by atoms with Crippen LogP contribution in [0.1, 0.15) is 16.2 Å².